The van der Waals surface area contributed by atoms with E-state index in [1.165, 1.54) is 7.11 Å². The van der Waals surface area contributed by atoms with Crippen molar-refractivity contribution in [1.29, 1.82) is 0 Å². The third kappa shape index (κ3) is 7.58. The van der Waals surface area contributed by atoms with Gasteiger partial charge in [-0.05, 0) is 25.0 Å². The van der Waals surface area contributed by atoms with E-state index in [9.17, 15) is 9.59 Å². The van der Waals surface area contributed by atoms with Crippen LogP contribution in [0.1, 0.15) is 31.9 Å². The normalized spacial score (nSPS) is 10.8. The van der Waals surface area contributed by atoms with Crippen molar-refractivity contribution in [1.82, 2.24) is 14.4 Å². The number of hydrogen-bond donors (Lipinski definition) is 0. The number of ether oxygens (including phenoxy) is 2. The lowest BCUT2D eigenvalue weighted by atomic mass is 10.2. The van der Waals surface area contributed by atoms with Crippen LogP contribution in [0.5, 0.6) is 0 Å². The lowest BCUT2D eigenvalue weighted by Gasteiger charge is -2.28. The molecular formula is C19H33N3O4. The number of rotatable bonds is 13. The fourth-order valence-electron chi connectivity index (χ4n) is 2.67. The van der Waals surface area contributed by atoms with Crippen molar-refractivity contribution in [3.05, 3.63) is 24.0 Å². The van der Waals surface area contributed by atoms with Crippen molar-refractivity contribution in [2.24, 2.45) is 7.05 Å². The number of methoxy groups -OCH3 is 2. The Kier molecular flexibility index (Phi) is 10.7. The van der Waals surface area contributed by atoms with E-state index >= 15 is 0 Å². The maximum absolute atomic E-state index is 12.9. The van der Waals surface area contributed by atoms with E-state index in [0.717, 1.165) is 18.5 Å². The van der Waals surface area contributed by atoms with Crippen LogP contribution in [0.2, 0.25) is 0 Å². The van der Waals surface area contributed by atoms with Crippen molar-refractivity contribution in [2.45, 2.75) is 32.7 Å². The first-order chi connectivity index (χ1) is 12.5. The summed E-state index contributed by atoms with van der Waals surface area (Å²) in [5, 5.41) is 0. The number of hydrogen-bond acceptors (Lipinski definition) is 4. The second kappa shape index (κ2) is 12.5. The van der Waals surface area contributed by atoms with E-state index in [1.54, 1.807) is 12.0 Å². The molecule has 0 atom stereocenters. The highest BCUT2D eigenvalue weighted by Crippen LogP contribution is 2.08. The molecule has 0 aliphatic carbocycles. The van der Waals surface area contributed by atoms with Gasteiger partial charge in [0.05, 0.1) is 13.1 Å². The fraction of sp³-hybridized carbons (Fsp3) is 0.684. The summed E-state index contributed by atoms with van der Waals surface area (Å²) < 4.78 is 12.0. The largest absolute Gasteiger partial charge is 0.385 e. The molecule has 0 bridgehead atoms. The average Bonchev–Trinajstić information content (AvgIpc) is 3.02. The Balaban J connectivity index is 2.77. The highest BCUT2D eigenvalue weighted by molar-refractivity contribution is 5.85. The van der Waals surface area contributed by atoms with Gasteiger partial charge in [-0.15, -0.1) is 0 Å². The zero-order valence-corrected chi connectivity index (χ0v) is 16.6. The third-order valence-electron chi connectivity index (χ3n) is 4.26. The van der Waals surface area contributed by atoms with Crippen LogP contribution in [0.15, 0.2) is 18.3 Å². The third-order valence-corrected chi connectivity index (χ3v) is 4.26. The molecule has 0 spiro atoms. The SMILES string of the molecule is CCCCN(Cc1cccn1C)C(=O)CN(CCCOC)C(=O)COC. The zero-order chi connectivity index (χ0) is 19.4. The highest BCUT2D eigenvalue weighted by atomic mass is 16.5. The standard InChI is InChI=1S/C19H33N3O4/c1-5-6-11-21(14-17-9-7-10-20(17)2)18(23)15-22(12-8-13-25-3)19(24)16-26-4/h7,9-10H,5-6,8,11-16H2,1-4H3. The summed E-state index contributed by atoms with van der Waals surface area (Å²) in [6.07, 6.45) is 4.60. The Labute approximate surface area is 156 Å². The molecular weight excluding hydrogens is 334 g/mol. The lowest BCUT2D eigenvalue weighted by molar-refractivity contribution is -0.143. The molecule has 0 aliphatic rings. The number of amides is 2. The molecule has 26 heavy (non-hydrogen) atoms. The van der Waals surface area contributed by atoms with Gasteiger partial charge in [0, 0.05) is 52.9 Å². The van der Waals surface area contributed by atoms with Crippen LogP contribution in [0, 0.1) is 0 Å². The number of aryl methyl sites for hydroxylation is 1. The second-order valence-corrected chi connectivity index (χ2v) is 6.37. The predicted octanol–water partition coefficient (Wildman–Crippen LogP) is 1.67. The van der Waals surface area contributed by atoms with Crippen LogP contribution in [0.3, 0.4) is 0 Å². The maximum Gasteiger partial charge on any atom is 0.249 e. The van der Waals surface area contributed by atoms with Crippen LogP contribution >= 0.6 is 0 Å². The van der Waals surface area contributed by atoms with Gasteiger partial charge in [0.25, 0.3) is 0 Å². The van der Waals surface area contributed by atoms with E-state index in [-0.39, 0.29) is 25.0 Å². The first-order valence-corrected chi connectivity index (χ1v) is 9.17. The van der Waals surface area contributed by atoms with Gasteiger partial charge < -0.3 is 23.8 Å². The van der Waals surface area contributed by atoms with Crippen molar-refractivity contribution in [3.8, 4) is 0 Å². The van der Waals surface area contributed by atoms with Crippen LogP contribution in [0.25, 0.3) is 0 Å². The Morgan fingerprint density at radius 3 is 2.38 bits per heavy atom. The first kappa shape index (κ1) is 22.2. The van der Waals surface area contributed by atoms with Gasteiger partial charge >= 0.3 is 0 Å². The number of nitrogens with zero attached hydrogens (tertiary/aromatic N) is 3. The Bertz CT molecular complexity index is 545. The van der Waals surface area contributed by atoms with Gasteiger partial charge in [-0.2, -0.15) is 0 Å². The molecule has 2 amide bonds. The fourth-order valence-corrected chi connectivity index (χ4v) is 2.67. The molecule has 1 heterocycles. The van der Waals surface area contributed by atoms with E-state index in [0.29, 0.717) is 32.7 Å². The van der Waals surface area contributed by atoms with Crippen LogP contribution in [-0.2, 0) is 32.7 Å². The molecule has 1 rings (SSSR count). The smallest absolute Gasteiger partial charge is 0.249 e. The minimum atomic E-state index is -0.175. The molecule has 1 aromatic heterocycles. The number of unbranched alkanes of at least 4 members (excludes halogenated alkanes) is 1. The maximum atomic E-state index is 12.9. The van der Waals surface area contributed by atoms with E-state index in [2.05, 4.69) is 6.92 Å². The summed E-state index contributed by atoms with van der Waals surface area (Å²) >= 11 is 0. The van der Waals surface area contributed by atoms with Crippen molar-refractivity contribution in [3.63, 3.8) is 0 Å². The quantitative estimate of drug-likeness (QED) is 0.498. The molecule has 0 saturated carbocycles. The molecule has 0 aromatic carbocycles. The zero-order valence-electron chi connectivity index (χ0n) is 16.6. The number of aromatic nitrogens is 1. The van der Waals surface area contributed by atoms with Gasteiger partial charge in [0.15, 0.2) is 0 Å². The van der Waals surface area contributed by atoms with Crippen LogP contribution < -0.4 is 0 Å². The summed E-state index contributed by atoms with van der Waals surface area (Å²) in [5.74, 6) is -0.215. The average molecular weight is 367 g/mol. The molecule has 1 aromatic rings. The minimum absolute atomic E-state index is 0.0208. The van der Waals surface area contributed by atoms with Gasteiger partial charge in [-0.1, -0.05) is 13.3 Å². The van der Waals surface area contributed by atoms with Crippen molar-refractivity contribution < 1.29 is 19.1 Å². The van der Waals surface area contributed by atoms with Gasteiger partial charge in [-0.3, -0.25) is 9.59 Å². The molecule has 0 fully saturated rings. The Morgan fingerprint density at radius 1 is 1.08 bits per heavy atom. The second-order valence-electron chi connectivity index (χ2n) is 6.37. The topological polar surface area (TPSA) is 64.0 Å². The van der Waals surface area contributed by atoms with Crippen LogP contribution in [-0.4, -0.2) is 73.2 Å². The van der Waals surface area contributed by atoms with Crippen molar-refractivity contribution in [2.75, 3.05) is 47.1 Å². The van der Waals surface area contributed by atoms with Gasteiger partial charge in [-0.25, -0.2) is 0 Å². The summed E-state index contributed by atoms with van der Waals surface area (Å²) in [6, 6.07) is 3.98. The molecule has 7 nitrogen and oxygen atoms in total. The van der Waals surface area contributed by atoms with E-state index < -0.39 is 0 Å². The Morgan fingerprint density at radius 2 is 1.81 bits per heavy atom. The number of carbonyl (C=O) groups excluding carboxylic acids is 2. The predicted molar refractivity (Wildman–Crippen MR) is 101 cm³/mol. The Hall–Kier alpha value is -1.86. The van der Waals surface area contributed by atoms with E-state index in [1.807, 2.05) is 34.8 Å². The van der Waals surface area contributed by atoms with Crippen LogP contribution in [0.4, 0.5) is 0 Å². The highest BCUT2D eigenvalue weighted by Gasteiger charge is 2.21. The first-order valence-electron chi connectivity index (χ1n) is 9.17. The molecule has 0 unspecified atom stereocenters. The monoisotopic (exact) mass is 367 g/mol. The van der Waals surface area contributed by atoms with Gasteiger partial charge in [0.2, 0.25) is 11.8 Å². The summed E-state index contributed by atoms with van der Waals surface area (Å²) in [5.41, 5.74) is 1.07. The minimum Gasteiger partial charge on any atom is -0.385 e. The van der Waals surface area contributed by atoms with Crippen molar-refractivity contribution >= 4 is 11.8 Å². The molecule has 0 aliphatic heterocycles. The number of carbonyl (C=O) groups is 2. The molecule has 7 heteroatoms. The molecule has 0 saturated heterocycles. The summed E-state index contributed by atoms with van der Waals surface area (Å²) in [7, 11) is 5.08. The summed E-state index contributed by atoms with van der Waals surface area (Å²) in [6.45, 7) is 4.41. The molecule has 0 N–H and O–H groups in total. The lowest BCUT2D eigenvalue weighted by Crippen LogP contribution is -2.44. The van der Waals surface area contributed by atoms with Gasteiger partial charge in [0.1, 0.15) is 6.61 Å². The molecule has 0 radical (unpaired) electrons. The summed E-state index contributed by atoms with van der Waals surface area (Å²) in [4.78, 5) is 28.6. The molecule has 148 valence electrons. The van der Waals surface area contributed by atoms with E-state index in [4.69, 9.17) is 9.47 Å².